The molecule has 3 aromatic rings. The topological polar surface area (TPSA) is 88.6 Å². The maximum absolute atomic E-state index is 12.2. The summed E-state index contributed by atoms with van der Waals surface area (Å²) < 4.78 is 11.5. The third-order valence-corrected chi connectivity index (χ3v) is 4.23. The Bertz CT molecular complexity index is 985. The molecule has 0 fully saturated rings. The summed E-state index contributed by atoms with van der Waals surface area (Å²) in [5.41, 5.74) is 4.94. The molecule has 0 radical (unpaired) electrons. The van der Waals surface area contributed by atoms with Crippen molar-refractivity contribution in [3.05, 3.63) is 64.3 Å². The highest BCUT2D eigenvalue weighted by atomic mass is 79.9. The van der Waals surface area contributed by atoms with Crippen LogP contribution in [0.15, 0.2) is 58.1 Å². The summed E-state index contributed by atoms with van der Waals surface area (Å²) in [6.45, 7) is 0. The third kappa shape index (κ3) is 4.53. The maximum Gasteiger partial charge on any atom is 0.289 e. The van der Waals surface area contributed by atoms with E-state index in [-0.39, 0.29) is 5.69 Å². The van der Waals surface area contributed by atoms with Crippen LogP contribution in [0.5, 0.6) is 11.5 Å². The van der Waals surface area contributed by atoms with Gasteiger partial charge >= 0.3 is 0 Å². The lowest BCUT2D eigenvalue weighted by Crippen LogP contribution is -2.17. The highest BCUT2D eigenvalue weighted by molar-refractivity contribution is 9.10. The first kappa shape index (κ1) is 18.7. The number of carbonyl (C=O) groups excluding carboxylic acids is 1. The van der Waals surface area contributed by atoms with Crippen LogP contribution < -0.4 is 14.9 Å². The fraction of sp³-hybridized carbons (Fsp3) is 0.105. The first-order chi connectivity index (χ1) is 13.1. The lowest BCUT2D eigenvalue weighted by molar-refractivity contribution is 0.0950. The molecule has 8 heteroatoms. The van der Waals surface area contributed by atoms with Crippen molar-refractivity contribution in [1.82, 2.24) is 15.6 Å². The Kier molecular flexibility index (Phi) is 5.87. The van der Waals surface area contributed by atoms with Crippen LogP contribution in [0.3, 0.4) is 0 Å². The van der Waals surface area contributed by atoms with Gasteiger partial charge in [-0.2, -0.15) is 10.2 Å². The molecule has 138 valence electrons. The van der Waals surface area contributed by atoms with Crippen molar-refractivity contribution >= 4 is 28.1 Å². The summed E-state index contributed by atoms with van der Waals surface area (Å²) in [6, 6.07) is 14.6. The first-order valence-electron chi connectivity index (χ1n) is 7.97. The van der Waals surface area contributed by atoms with Gasteiger partial charge in [-0.05, 0) is 35.9 Å². The Balaban J connectivity index is 1.73. The molecule has 0 saturated carbocycles. The zero-order valence-electron chi connectivity index (χ0n) is 14.7. The van der Waals surface area contributed by atoms with Gasteiger partial charge in [-0.25, -0.2) is 5.43 Å². The molecule has 7 nitrogen and oxygen atoms in total. The molecule has 0 aliphatic rings. The maximum atomic E-state index is 12.2. The lowest BCUT2D eigenvalue weighted by atomic mass is 10.1. The number of carbonyl (C=O) groups is 1. The number of aromatic nitrogens is 2. The SMILES string of the molecule is COc1ccc(-c2cc(C(=O)N/N=C\c3cccc(Br)c3)[nH]n2)c(OC)c1. The molecule has 0 aliphatic heterocycles. The Morgan fingerprint density at radius 2 is 2.04 bits per heavy atom. The Morgan fingerprint density at radius 3 is 2.78 bits per heavy atom. The molecule has 0 bridgehead atoms. The van der Waals surface area contributed by atoms with Crippen LogP contribution >= 0.6 is 15.9 Å². The summed E-state index contributed by atoms with van der Waals surface area (Å²) in [4.78, 5) is 12.2. The van der Waals surface area contributed by atoms with E-state index in [2.05, 4.69) is 36.7 Å². The second kappa shape index (κ2) is 8.50. The summed E-state index contributed by atoms with van der Waals surface area (Å²) >= 11 is 3.38. The van der Waals surface area contributed by atoms with Crippen LogP contribution in [-0.2, 0) is 0 Å². The van der Waals surface area contributed by atoms with Gasteiger partial charge in [0.2, 0.25) is 0 Å². The van der Waals surface area contributed by atoms with Gasteiger partial charge in [0.25, 0.3) is 5.91 Å². The van der Waals surface area contributed by atoms with Crippen molar-refractivity contribution in [2.75, 3.05) is 14.2 Å². The Labute approximate surface area is 164 Å². The van der Waals surface area contributed by atoms with Crippen molar-refractivity contribution in [3.63, 3.8) is 0 Å². The van der Waals surface area contributed by atoms with Gasteiger partial charge in [0, 0.05) is 16.1 Å². The molecule has 3 rings (SSSR count). The zero-order valence-corrected chi connectivity index (χ0v) is 16.3. The van der Waals surface area contributed by atoms with Crippen molar-refractivity contribution < 1.29 is 14.3 Å². The number of methoxy groups -OCH3 is 2. The smallest absolute Gasteiger partial charge is 0.289 e. The third-order valence-electron chi connectivity index (χ3n) is 3.74. The van der Waals surface area contributed by atoms with E-state index < -0.39 is 5.91 Å². The highest BCUT2D eigenvalue weighted by Gasteiger charge is 2.14. The molecule has 0 aliphatic carbocycles. The number of hydrogen-bond donors (Lipinski definition) is 2. The molecule has 0 unspecified atom stereocenters. The monoisotopic (exact) mass is 428 g/mol. The van der Waals surface area contributed by atoms with Crippen LogP contribution in [0, 0.1) is 0 Å². The predicted molar refractivity (Wildman–Crippen MR) is 106 cm³/mol. The summed E-state index contributed by atoms with van der Waals surface area (Å²) in [7, 11) is 3.15. The predicted octanol–water partition coefficient (Wildman–Crippen LogP) is 3.62. The van der Waals surface area contributed by atoms with Crippen LogP contribution in [0.2, 0.25) is 0 Å². The molecule has 0 spiro atoms. The minimum atomic E-state index is -0.396. The van der Waals surface area contributed by atoms with E-state index in [0.717, 1.165) is 15.6 Å². The molecule has 2 N–H and O–H groups in total. The average molecular weight is 429 g/mol. The fourth-order valence-corrected chi connectivity index (χ4v) is 2.82. The van der Waals surface area contributed by atoms with Gasteiger partial charge in [0.05, 0.1) is 26.1 Å². The van der Waals surface area contributed by atoms with Crippen LogP contribution in [-0.4, -0.2) is 36.5 Å². The molecule has 0 atom stereocenters. The van der Waals surface area contributed by atoms with E-state index in [1.807, 2.05) is 30.3 Å². The van der Waals surface area contributed by atoms with E-state index in [9.17, 15) is 4.79 Å². The summed E-state index contributed by atoms with van der Waals surface area (Å²) in [6.07, 6.45) is 1.56. The first-order valence-corrected chi connectivity index (χ1v) is 8.77. The van der Waals surface area contributed by atoms with E-state index in [4.69, 9.17) is 9.47 Å². The van der Waals surface area contributed by atoms with Gasteiger partial charge in [0.1, 0.15) is 17.2 Å². The van der Waals surface area contributed by atoms with Crippen LogP contribution in [0.1, 0.15) is 16.1 Å². The number of hydrogen-bond acceptors (Lipinski definition) is 5. The van der Waals surface area contributed by atoms with Gasteiger partial charge in [-0.15, -0.1) is 0 Å². The van der Waals surface area contributed by atoms with Crippen molar-refractivity contribution in [1.29, 1.82) is 0 Å². The molecular weight excluding hydrogens is 412 g/mol. The van der Waals surface area contributed by atoms with Gasteiger partial charge in [-0.3, -0.25) is 9.89 Å². The second-order valence-corrected chi connectivity index (χ2v) is 6.40. The number of ether oxygens (including phenoxy) is 2. The summed E-state index contributed by atoms with van der Waals surface area (Å²) in [5, 5.41) is 10.9. The molecule has 0 saturated heterocycles. The lowest BCUT2D eigenvalue weighted by Gasteiger charge is -2.08. The van der Waals surface area contributed by atoms with E-state index in [1.165, 1.54) is 0 Å². The molecule has 27 heavy (non-hydrogen) atoms. The number of halogens is 1. The average Bonchev–Trinajstić information content (AvgIpc) is 3.17. The van der Waals surface area contributed by atoms with Gasteiger partial charge in [0.15, 0.2) is 0 Å². The summed E-state index contributed by atoms with van der Waals surface area (Å²) in [5.74, 6) is 0.874. The van der Waals surface area contributed by atoms with Crippen LogP contribution in [0.25, 0.3) is 11.3 Å². The largest absolute Gasteiger partial charge is 0.497 e. The minimum absolute atomic E-state index is 0.286. The minimum Gasteiger partial charge on any atom is -0.497 e. The number of H-pyrrole nitrogens is 1. The number of rotatable bonds is 6. The number of aromatic amines is 1. The Hall–Kier alpha value is -3.13. The number of nitrogens with one attached hydrogen (secondary N) is 2. The molecular formula is C19H17BrN4O3. The number of hydrazone groups is 1. The second-order valence-electron chi connectivity index (χ2n) is 5.49. The molecule has 2 aromatic carbocycles. The normalized spacial score (nSPS) is 10.8. The highest BCUT2D eigenvalue weighted by Crippen LogP contribution is 2.32. The quantitative estimate of drug-likeness (QED) is 0.463. The van der Waals surface area contributed by atoms with Gasteiger partial charge in [-0.1, -0.05) is 28.1 Å². The van der Waals surface area contributed by atoms with Crippen LogP contribution in [0.4, 0.5) is 0 Å². The number of benzene rings is 2. The van der Waals surface area contributed by atoms with Gasteiger partial charge < -0.3 is 9.47 Å². The zero-order chi connectivity index (χ0) is 19.2. The van der Waals surface area contributed by atoms with E-state index in [1.54, 1.807) is 38.6 Å². The Morgan fingerprint density at radius 1 is 1.19 bits per heavy atom. The number of nitrogens with zero attached hydrogens (tertiary/aromatic N) is 2. The van der Waals surface area contributed by atoms with Crippen molar-refractivity contribution in [2.24, 2.45) is 5.10 Å². The van der Waals surface area contributed by atoms with Crippen molar-refractivity contribution in [3.8, 4) is 22.8 Å². The molecule has 1 heterocycles. The van der Waals surface area contributed by atoms with E-state index >= 15 is 0 Å². The fourth-order valence-electron chi connectivity index (χ4n) is 2.40. The van der Waals surface area contributed by atoms with Crippen molar-refractivity contribution in [2.45, 2.75) is 0 Å². The standard InChI is InChI=1S/C19H17BrN4O3/c1-26-14-6-7-15(18(9-14)27-2)16-10-17(23-22-16)19(25)24-21-11-12-4-3-5-13(20)8-12/h3-11H,1-2H3,(H,22,23)(H,24,25)/b21-11-. The molecule has 1 amide bonds. The van der Waals surface area contributed by atoms with E-state index in [0.29, 0.717) is 17.2 Å². The molecule has 1 aromatic heterocycles. The number of amides is 1.